The SMILES string of the molecule is Cc1cc(C)cc(NC(=NC[C@H]2CCCO2)NC(=O)c2ccc(C)c(C)c2)c1. The van der Waals surface area contributed by atoms with Crippen molar-refractivity contribution in [3.8, 4) is 0 Å². The molecule has 1 fully saturated rings. The summed E-state index contributed by atoms with van der Waals surface area (Å²) in [5, 5.41) is 6.21. The van der Waals surface area contributed by atoms with Crippen molar-refractivity contribution in [2.45, 2.75) is 46.6 Å². The Labute approximate surface area is 167 Å². The molecule has 0 spiro atoms. The third kappa shape index (κ3) is 5.42. The van der Waals surface area contributed by atoms with Crippen LogP contribution in [-0.4, -0.2) is 31.1 Å². The summed E-state index contributed by atoms with van der Waals surface area (Å²) in [4.78, 5) is 17.4. The minimum absolute atomic E-state index is 0.120. The van der Waals surface area contributed by atoms with Crippen molar-refractivity contribution in [1.82, 2.24) is 5.32 Å². The van der Waals surface area contributed by atoms with Gasteiger partial charge in [-0.1, -0.05) is 12.1 Å². The second-order valence-corrected chi connectivity index (χ2v) is 7.58. The number of hydrogen-bond donors (Lipinski definition) is 2. The number of ether oxygens (including phenoxy) is 1. The molecule has 0 aliphatic carbocycles. The van der Waals surface area contributed by atoms with E-state index in [9.17, 15) is 4.79 Å². The molecule has 2 aromatic rings. The second kappa shape index (κ2) is 9.02. The summed E-state index contributed by atoms with van der Waals surface area (Å²) >= 11 is 0. The van der Waals surface area contributed by atoms with Crippen LogP contribution in [0.15, 0.2) is 41.4 Å². The minimum atomic E-state index is -0.175. The topological polar surface area (TPSA) is 62.7 Å². The van der Waals surface area contributed by atoms with E-state index in [-0.39, 0.29) is 12.0 Å². The number of aliphatic imine (C=N–C) groups is 1. The average molecular weight is 380 g/mol. The number of amides is 1. The Balaban J connectivity index is 1.79. The fraction of sp³-hybridized carbons (Fsp3) is 0.391. The predicted molar refractivity (Wildman–Crippen MR) is 114 cm³/mol. The predicted octanol–water partition coefficient (Wildman–Crippen LogP) is 4.30. The molecular weight excluding hydrogens is 350 g/mol. The van der Waals surface area contributed by atoms with Gasteiger partial charge in [-0.15, -0.1) is 0 Å². The molecule has 1 aliphatic rings. The Morgan fingerprint density at radius 3 is 2.46 bits per heavy atom. The van der Waals surface area contributed by atoms with Crippen LogP contribution in [0.3, 0.4) is 0 Å². The highest BCUT2D eigenvalue weighted by Gasteiger charge is 2.16. The Morgan fingerprint density at radius 2 is 1.82 bits per heavy atom. The van der Waals surface area contributed by atoms with E-state index in [1.165, 1.54) is 0 Å². The largest absolute Gasteiger partial charge is 0.376 e. The summed E-state index contributed by atoms with van der Waals surface area (Å²) in [7, 11) is 0. The number of nitrogens with one attached hydrogen (secondary N) is 2. The average Bonchev–Trinajstić information content (AvgIpc) is 3.14. The van der Waals surface area contributed by atoms with Crippen LogP contribution in [0.1, 0.15) is 45.5 Å². The second-order valence-electron chi connectivity index (χ2n) is 7.58. The molecule has 1 heterocycles. The summed E-state index contributed by atoms with van der Waals surface area (Å²) in [6.45, 7) is 9.46. The Kier molecular flexibility index (Phi) is 6.47. The van der Waals surface area contributed by atoms with Crippen LogP contribution in [0.5, 0.6) is 0 Å². The van der Waals surface area contributed by atoms with Crippen LogP contribution in [0.4, 0.5) is 5.69 Å². The molecule has 0 unspecified atom stereocenters. The van der Waals surface area contributed by atoms with E-state index in [2.05, 4.69) is 35.5 Å². The lowest BCUT2D eigenvalue weighted by atomic mass is 10.1. The van der Waals surface area contributed by atoms with Crippen molar-refractivity contribution in [2.24, 2.45) is 4.99 Å². The van der Waals surface area contributed by atoms with Gasteiger partial charge in [0, 0.05) is 17.9 Å². The number of carbonyl (C=O) groups is 1. The first-order chi connectivity index (χ1) is 13.4. The molecule has 0 radical (unpaired) electrons. The Morgan fingerprint density at radius 1 is 1.07 bits per heavy atom. The van der Waals surface area contributed by atoms with Crippen molar-refractivity contribution < 1.29 is 9.53 Å². The highest BCUT2D eigenvalue weighted by molar-refractivity contribution is 6.10. The van der Waals surface area contributed by atoms with Gasteiger partial charge >= 0.3 is 0 Å². The van der Waals surface area contributed by atoms with Gasteiger partial charge in [-0.3, -0.25) is 10.1 Å². The molecule has 1 amide bonds. The van der Waals surface area contributed by atoms with Crippen LogP contribution in [0.2, 0.25) is 0 Å². The number of hydrogen-bond acceptors (Lipinski definition) is 3. The maximum absolute atomic E-state index is 12.8. The van der Waals surface area contributed by atoms with E-state index in [1.807, 2.05) is 44.2 Å². The number of rotatable bonds is 4. The number of anilines is 1. The Bertz CT molecular complexity index is 863. The molecule has 5 nitrogen and oxygen atoms in total. The first-order valence-electron chi connectivity index (χ1n) is 9.80. The van der Waals surface area contributed by atoms with Gasteiger partial charge in [-0.25, -0.2) is 4.99 Å². The van der Waals surface area contributed by atoms with Gasteiger partial charge in [-0.05, 0) is 87.1 Å². The lowest BCUT2D eigenvalue weighted by molar-refractivity contribution is 0.0975. The van der Waals surface area contributed by atoms with Crippen molar-refractivity contribution in [3.63, 3.8) is 0 Å². The van der Waals surface area contributed by atoms with Crippen LogP contribution in [0.25, 0.3) is 0 Å². The lowest BCUT2D eigenvalue weighted by Crippen LogP contribution is -2.36. The van der Waals surface area contributed by atoms with E-state index >= 15 is 0 Å². The van der Waals surface area contributed by atoms with Crippen LogP contribution >= 0.6 is 0 Å². The zero-order valence-electron chi connectivity index (χ0n) is 17.1. The van der Waals surface area contributed by atoms with Crippen molar-refractivity contribution >= 4 is 17.6 Å². The first-order valence-corrected chi connectivity index (χ1v) is 9.80. The third-order valence-electron chi connectivity index (χ3n) is 4.96. The third-order valence-corrected chi connectivity index (χ3v) is 4.96. The number of aryl methyl sites for hydroxylation is 4. The maximum atomic E-state index is 12.8. The van der Waals surface area contributed by atoms with Crippen molar-refractivity contribution in [1.29, 1.82) is 0 Å². The van der Waals surface area contributed by atoms with Gasteiger partial charge in [-0.2, -0.15) is 0 Å². The Hall–Kier alpha value is -2.66. The molecule has 1 aliphatic heterocycles. The summed E-state index contributed by atoms with van der Waals surface area (Å²) in [6.07, 6.45) is 2.19. The van der Waals surface area contributed by atoms with E-state index in [4.69, 9.17) is 4.74 Å². The smallest absolute Gasteiger partial charge is 0.257 e. The van der Waals surface area contributed by atoms with Gasteiger partial charge in [0.15, 0.2) is 0 Å². The summed E-state index contributed by atoms with van der Waals surface area (Å²) in [5.74, 6) is 0.273. The van der Waals surface area contributed by atoms with Gasteiger partial charge < -0.3 is 10.1 Å². The molecule has 3 rings (SSSR count). The van der Waals surface area contributed by atoms with E-state index in [0.29, 0.717) is 18.1 Å². The molecule has 1 atom stereocenters. The molecule has 28 heavy (non-hydrogen) atoms. The fourth-order valence-corrected chi connectivity index (χ4v) is 3.34. The van der Waals surface area contributed by atoms with Gasteiger partial charge in [0.05, 0.1) is 12.6 Å². The van der Waals surface area contributed by atoms with Gasteiger partial charge in [0.1, 0.15) is 0 Å². The molecule has 148 valence electrons. The molecule has 0 saturated carbocycles. The maximum Gasteiger partial charge on any atom is 0.257 e. The zero-order chi connectivity index (χ0) is 20.1. The van der Waals surface area contributed by atoms with Crippen LogP contribution < -0.4 is 10.6 Å². The fourth-order valence-electron chi connectivity index (χ4n) is 3.34. The van der Waals surface area contributed by atoms with Crippen molar-refractivity contribution in [2.75, 3.05) is 18.5 Å². The normalized spacial score (nSPS) is 16.9. The van der Waals surface area contributed by atoms with E-state index in [0.717, 1.165) is 47.4 Å². The highest BCUT2D eigenvalue weighted by atomic mass is 16.5. The van der Waals surface area contributed by atoms with Crippen LogP contribution in [0, 0.1) is 27.7 Å². The molecule has 1 saturated heterocycles. The summed E-state index contributed by atoms with van der Waals surface area (Å²) in [5.41, 5.74) is 6.09. The minimum Gasteiger partial charge on any atom is -0.376 e. The monoisotopic (exact) mass is 379 g/mol. The standard InChI is InChI=1S/C23H29N3O2/c1-15-10-16(2)12-20(11-15)25-23(24-14-21-6-5-9-28-21)26-22(27)19-8-7-17(3)18(4)13-19/h7-8,10-13,21H,5-6,9,14H2,1-4H3,(H2,24,25,26,27)/t21-/m1/s1. The summed E-state index contributed by atoms with van der Waals surface area (Å²) < 4.78 is 5.66. The lowest BCUT2D eigenvalue weighted by Gasteiger charge is -2.15. The number of nitrogens with zero attached hydrogens (tertiary/aromatic N) is 1. The highest BCUT2D eigenvalue weighted by Crippen LogP contribution is 2.15. The van der Waals surface area contributed by atoms with Crippen LogP contribution in [-0.2, 0) is 4.74 Å². The number of benzene rings is 2. The molecule has 2 N–H and O–H groups in total. The molecule has 0 aromatic heterocycles. The van der Waals surface area contributed by atoms with Crippen molar-refractivity contribution in [3.05, 3.63) is 64.2 Å². The van der Waals surface area contributed by atoms with E-state index in [1.54, 1.807) is 0 Å². The molecule has 0 bridgehead atoms. The van der Waals surface area contributed by atoms with Gasteiger partial charge in [0.2, 0.25) is 5.96 Å². The molecular formula is C23H29N3O2. The van der Waals surface area contributed by atoms with Gasteiger partial charge in [0.25, 0.3) is 5.91 Å². The van der Waals surface area contributed by atoms with E-state index < -0.39 is 0 Å². The number of guanidine groups is 1. The molecule has 2 aromatic carbocycles. The first kappa shape index (κ1) is 20.1. The zero-order valence-corrected chi connectivity index (χ0v) is 17.1. The number of carbonyl (C=O) groups excluding carboxylic acids is 1. The quantitative estimate of drug-likeness (QED) is 0.615. The molecule has 5 heteroatoms. The summed E-state index contributed by atoms with van der Waals surface area (Å²) in [6, 6.07) is 11.9.